The van der Waals surface area contributed by atoms with Crippen LogP contribution in [0, 0.1) is 11.8 Å². The van der Waals surface area contributed by atoms with Crippen LogP contribution in [0.2, 0.25) is 0 Å². The van der Waals surface area contributed by atoms with Gasteiger partial charge in [-0.1, -0.05) is 26.7 Å². The van der Waals surface area contributed by atoms with Gasteiger partial charge in [0.2, 0.25) is 5.91 Å². The summed E-state index contributed by atoms with van der Waals surface area (Å²) in [6.07, 6.45) is 9.04. The molecular weight excluding hydrogens is 316 g/mol. The predicted octanol–water partition coefficient (Wildman–Crippen LogP) is 4.44. The molecule has 3 aliphatic rings. The number of nitrogens with zero attached hydrogens (tertiary/aromatic N) is 1. The molecule has 0 spiro atoms. The van der Waals surface area contributed by atoms with Crippen LogP contribution in [0.1, 0.15) is 65.7 Å². The van der Waals surface area contributed by atoms with E-state index in [0.29, 0.717) is 11.9 Å². The summed E-state index contributed by atoms with van der Waals surface area (Å²) in [5, 5.41) is 5.52. The normalized spacial score (nSPS) is 30.4. The maximum absolute atomic E-state index is 12.8. The Balaban J connectivity index is 0.00000100. The number of carbonyl (C=O) groups is 1. The highest BCUT2D eigenvalue weighted by Gasteiger charge is 2.35. The second-order valence-corrected chi connectivity index (χ2v) is 8.15. The fourth-order valence-corrected chi connectivity index (χ4v) is 5.32. The van der Waals surface area contributed by atoms with Gasteiger partial charge < -0.3 is 10.2 Å². The molecule has 2 heterocycles. The lowest BCUT2D eigenvalue weighted by Gasteiger charge is -2.44. The van der Waals surface area contributed by atoms with Gasteiger partial charge in [0.1, 0.15) is 0 Å². The molecule has 1 N–H and O–H groups in total. The Morgan fingerprint density at radius 2 is 1.92 bits per heavy atom. The molecular formula is C20H36N2OS. The van der Waals surface area contributed by atoms with Gasteiger partial charge in [-0.05, 0) is 69.4 Å². The number of hydrogen-bond acceptors (Lipinski definition) is 3. The zero-order valence-electron chi connectivity index (χ0n) is 15.9. The van der Waals surface area contributed by atoms with Crippen molar-refractivity contribution in [2.75, 3.05) is 25.4 Å². The minimum Gasteiger partial charge on any atom is -0.336 e. The lowest BCUT2D eigenvalue weighted by molar-refractivity contribution is -0.133. The number of nitrogens with one attached hydrogen (secondary N) is 1. The van der Waals surface area contributed by atoms with Crippen molar-refractivity contribution in [3.05, 3.63) is 11.0 Å². The number of amides is 1. The van der Waals surface area contributed by atoms with E-state index in [9.17, 15) is 4.79 Å². The van der Waals surface area contributed by atoms with Crippen LogP contribution in [0.25, 0.3) is 0 Å². The molecule has 3 fully saturated rings. The van der Waals surface area contributed by atoms with Crippen LogP contribution in [0.5, 0.6) is 0 Å². The van der Waals surface area contributed by atoms with Crippen LogP contribution in [-0.4, -0.2) is 42.2 Å². The summed E-state index contributed by atoms with van der Waals surface area (Å²) in [6.45, 7) is 9.28. The van der Waals surface area contributed by atoms with Gasteiger partial charge in [0.05, 0.1) is 0 Å². The van der Waals surface area contributed by atoms with E-state index in [4.69, 9.17) is 0 Å². The first kappa shape index (κ1) is 19.8. The van der Waals surface area contributed by atoms with Crippen molar-refractivity contribution in [1.29, 1.82) is 0 Å². The molecule has 3 rings (SSSR count). The smallest absolute Gasteiger partial charge is 0.250 e. The first-order chi connectivity index (χ1) is 11.8. The second kappa shape index (κ2) is 10.5. The third-order valence-electron chi connectivity index (χ3n) is 5.60. The molecule has 3 unspecified atom stereocenters. The number of likely N-dealkylation sites (tertiary alicyclic amines) is 1. The molecule has 0 aromatic rings. The predicted molar refractivity (Wildman–Crippen MR) is 105 cm³/mol. The monoisotopic (exact) mass is 352 g/mol. The Kier molecular flexibility index (Phi) is 8.68. The van der Waals surface area contributed by atoms with Crippen molar-refractivity contribution < 1.29 is 4.79 Å². The Labute approximate surface area is 153 Å². The van der Waals surface area contributed by atoms with E-state index >= 15 is 0 Å². The number of carbonyl (C=O) groups excluding carboxylic acids is 1. The van der Waals surface area contributed by atoms with Crippen molar-refractivity contribution in [2.45, 2.75) is 71.8 Å². The van der Waals surface area contributed by atoms with Crippen molar-refractivity contribution in [3.8, 4) is 0 Å². The fourth-order valence-electron chi connectivity index (χ4n) is 4.32. The van der Waals surface area contributed by atoms with E-state index in [1.54, 1.807) is 0 Å². The van der Waals surface area contributed by atoms with Crippen molar-refractivity contribution in [3.63, 3.8) is 0 Å². The molecule has 3 atom stereocenters. The van der Waals surface area contributed by atoms with Crippen LogP contribution in [0.3, 0.4) is 0 Å². The van der Waals surface area contributed by atoms with E-state index in [1.165, 1.54) is 44.9 Å². The van der Waals surface area contributed by atoms with Crippen LogP contribution in [0.15, 0.2) is 11.0 Å². The lowest BCUT2D eigenvalue weighted by Crippen LogP contribution is -2.49. The van der Waals surface area contributed by atoms with E-state index in [-0.39, 0.29) is 0 Å². The molecule has 0 radical (unpaired) electrons. The van der Waals surface area contributed by atoms with Crippen LogP contribution >= 0.6 is 11.8 Å². The number of hydrogen-bond donors (Lipinski definition) is 1. The molecule has 138 valence electrons. The van der Waals surface area contributed by atoms with Gasteiger partial charge in [0.25, 0.3) is 0 Å². The number of thioether (sulfide) groups is 1. The topological polar surface area (TPSA) is 32.3 Å². The third kappa shape index (κ3) is 5.26. The molecule has 1 aliphatic carbocycles. The second-order valence-electron chi connectivity index (χ2n) is 7.25. The molecule has 0 aromatic heterocycles. The van der Waals surface area contributed by atoms with Crippen molar-refractivity contribution in [2.24, 2.45) is 11.8 Å². The van der Waals surface area contributed by atoms with E-state index in [1.807, 2.05) is 32.5 Å². The van der Waals surface area contributed by atoms with Crippen LogP contribution in [0.4, 0.5) is 0 Å². The first-order valence-electron chi connectivity index (χ1n) is 10.1. The zero-order valence-corrected chi connectivity index (χ0v) is 16.7. The Morgan fingerprint density at radius 3 is 2.67 bits per heavy atom. The van der Waals surface area contributed by atoms with E-state index in [2.05, 4.69) is 15.6 Å². The maximum atomic E-state index is 12.8. The highest BCUT2D eigenvalue weighted by Crippen LogP contribution is 2.36. The maximum Gasteiger partial charge on any atom is 0.250 e. The SMILES string of the molecule is C/C(=C\SCC1CCNC1)C(=O)N1CCCC2CCCCC21.CC. The zero-order chi connectivity index (χ0) is 17.4. The lowest BCUT2D eigenvalue weighted by atomic mass is 9.78. The average Bonchev–Trinajstić information content (AvgIpc) is 3.15. The molecule has 0 bridgehead atoms. The number of rotatable bonds is 4. The molecule has 1 saturated carbocycles. The van der Waals surface area contributed by atoms with Gasteiger partial charge in [-0.15, -0.1) is 11.8 Å². The van der Waals surface area contributed by atoms with E-state index < -0.39 is 0 Å². The molecule has 1 amide bonds. The summed E-state index contributed by atoms with van der Waals surface area (Å²) in [5.41, 5.74) is 0.946. The Morgan fingerprint density at radius 1 is 1.17 bits per heavy atom. The summed E-state index contributed by atoms with van der Waals surface area (Å²) in [5.74, 6) is 3.00. The number of piperidine rings is 1. The van der Waals surface area contributed by atoms with Crippen molar-refractivity contribution >= 4 is 17.7 Å². The molecule has 2 saturated heterocycles. The van der Waals surface area contributed by atoms with Gasteiger partial charge in [0, 0.05) is 23.9 Å². The molecule has 3 nitrogen and oxygen atoms in total. The third-order valence-corrected chi connectivity index (χ3v) is 6.78. The van der Waals surface area contributed by atoms with Gasteiger partial charge in [-0.2, -0.15) is 0 Å². The fraction of sp³-hybridized carbons (Fsp3) is 0.850. The summed E-state index contributed by atoms with van der Waals surface area (Å²) in [6, 6.07) is 0.530. The minimum atomic E-state index is 0.300. The molecule has 4 heteroatoms. The van der Waals surface area contributed by atoms with E-state index in [0.717, 1.165) is 42.8 Å². The largest absolute Gasteiger partial charge is 0.336 e. The first-order valence-corrected chi connectivity index (χ1v) is 11.1. The average molecular weight is 353 g/mol. The summed E-state index contributed by atoms with van der Waals surface area (Å²) in [4.78, 5) is 15.0. The number of fused-ring (bicyclic) bond motifs is 1. The quantitative estimate of drug-likeness (QED) is 0.759. The van der Waals surface area contributed by atoms with Gasteiger partial charge in [-0.3, -0.25) is 4.79 Å². The summed E-state index contributed by atoms with van der Waals surface area (Å²) in [7, 11) is 0. The highest BCUT2D eigenvalue weighted by molar-refractivity contribution is 8.02. The standard InChI is InChI=1S/C18H30N2OS.C2H6/c1-14(12-22-13-15-8-9-19-11-15)18(21)20-10-4-6-16-5-2-3-7-17(16)20;1-2/h12,15-17,19H,2-11,13H2,1H3;1-2H3/b14-12+;. The summed E-state index contributed by atoms with van der Waals surface area (Å²) >= 11 is 1.83. The molecule has 0 aromatic carbocycles. The van der Waals surface area contributed by atoms with Crippen LogP contribution < -0.4 is 5.32 Å². The van der Waals surface area contributed by atoms with Gasteiger partial charge in [-0.25, -0.2) is 0 Å². The molecule has 24 heavy (non-hydrogen) atoms. The molecule has 2 aliphatic heterocycles. The van der Waals surface area contributed by atoms with Crippen molar-refractivity contribution in [1.82, 2.24) is 10.2 Å². The summed E-state index contributed by atoms with van der Waals surface area (Å²) < 4.78 is 0. The van der Waals surface area contributed by atoms with Crippen LogP contribution in [-0.2, 0) is 4.79 Å². The minimum absolute atomic E-state index is 0.300. The van der Waals surface area contributed by atoms with Gasteiger partial charge in [0.15, 0.2) is 0 Å². The Bertz CT molecular complexity index is 416. The highest BCUT2D eigenvalue weighted by atomic mass is 32.2. The van der Waals surface area contributed by atoms with Gasteiger partial charge >= 0.3 is 0 Å². The Hall–Kier alpha value is -0.480.